The van der Waals surface area contributed by atoms with Crippen molar-refractivity contribution in [2.24, 2.45) is 0 Å². The Hall–Kier alpha value is -2.61. The van der Waals surface area contributed by atoms with Crippen molar-refractivity contribution in [3.8, 4) is 11.1 Å². The van der Waals surface area contributed by atoms with Gasteiger partial charge < -0.3 is 4.90 Å². The van der Waals surface area contributed by atoms with Crippen LogP contribution in [0.3, 0.4) is 0 Å². The van der Waals surface area contributed by atoms with Crippen LogP contribution in [0.15, 0.2) is 31.1 Å². The summed E-state index contributed by atoms with van der Waals surface area (Å²) in [4.78, 5) is 9.55. The molecule has 3 aromatic rings. The molecule has 1 aromatic carbocycles. The maximum atomic E-state index is 14.3. The van der Waals surface area contributed by atoms with Gasteiger partial charge in [-0.3, -0.25) is 0 Å². The standard InChI is InChI=1S/C15H11ClF3N5/c1-3-4-23(2)14-12(11-9(18)5-8(17)6-10(11)19)13(16)22-15-20-7-21-24(14)15/h3,5-7H,1,4H2,2H3. The molecule has 0 saturated carbocycles. The van der Waals surface area contributed by atoms with Gasteiger partial charge >= 0.3 is 0 Å². The fraction of sp³-hybridized carbons (Fsp3) is 0.133. The zero-order valence-corrected chi connectivity index (χ0v) is 13.2. The molecule has 9 heteroatoms. The van der Waals surface area contributed by atoms with Crippen molar-refractivity contribution in [2.75, 3.05) is 18.5 Å². The maximum Gasteiger partial charge on any atom is 0.255 e. The highest BCUT2D eigenvalue weighted by molar-refractivity contribution is 6.33. The number of anilines is 1. The van der Waals surface area contributed by atoms with E-state index in [1.807, 2.05) is 0 Å². The quantitative estimate of drug-likeness (QED) is 0.532. The van der Waals surface area contributed by atoms with Crippen LogP contribution in [0.1, 0.15) is 0 Å². The molecule has 5 nitrogen and oxygen atoms in total. The van der Waals surface area contributed by atoms with Gasteiger partial charge in [0.25, 0.3) is 5.78 Å². The van der Waals surface area contributed by atoms with Crippen LogP contribution in [-0.2, 0) is 0 Å². The summed E-state index contributed by atoms with van der Waals surface area (Å²) >= 11 is 6.16. The molecular weight excluding hydrogens is 343 g/mol. The van der Waals surface area contributed by atoms with Crippen molar-refractivity contribution in [1.82, 2.24) is 19.6 Å². The minimum Gasteiger partial charge on any atom is -0.355 e. The van der Waals surface area contributed by atoms with Crippen molar-refractivity contribution < 1.29 is 13.2 Å². The van der Waals surface area contributed by atoms with Crippen molar-refractivity contribution >= 4 is 23.2 Å². The molecule has 0 aliphatic heterocycles. The van der Waals surface area contributed by atoms with Crippen LogP contribution in [0, 0.1) is 17.5 Å². The van der Waals surface area contributed by atoms with Crippen molar-refractivity contribution in [3.05, 3.63) is 53.7 Å². The number of aromatic nitrogens is 4. The first-order chi connectivity index (χ1) is 11.4. The van der Waals surface area contributed by atoms with Gasteiger partial charge in [0, 0.05) is 25.7 Å². The zero-order chi connectivity index (χ0) is 17.4. The highest BCUT2D eigenvalue weighted by Crippen LogP contribution is 2.38. The lowest BCUT2D eigenvalue weighted by Crippen LogP contribution is -2.22. The largest absolute Gasteiger partial charge is 0.355 e. The highest BCUT2D eigenvalue weighted by Gasteiger charge is 2.25. The van der Waals surface area contributed by atoms with Crippen LogP contribution in [0.25, 0.3) is 16.9 Å². The van der Waals surface area contributed by atoms with E-state index in [0.717, 1.165) is 0 Å². The average Bonchev–Trinajstić information content (AvgIpc) is 2.94. The summed E-state index contributed by atoms with van der Waals surface area (Å²) in [7, 11) is 1.66. The van der Waals surface area contributed by atoms with E-state index >= 15 is 0 Å². The monoisotopic (exact) mass is 353 g/mol. The second kappa shape index (κ2) is 6.12. The first-order valence-electron chi connectivity index (χ1n) is 6.80. The van der Waals surface area contributed by atoms with E-state index in [4.69, 9.17) is 11.6 Å². The van der Waals surface area contributed by atoms with Gasteiger partial charge in [-0.25, -0.2) is 13.2 Å². The maximum absolute atomic E-state index is 14.3. The summed E-state index contributed by atoms with van der Waals surface area (Å²) in [5.74, 6) is -2.79. The molecule has 124 valence electrons. The van der Waals surface area contributed by atoms with E-state index in [-0.39, 0.29) is 22.3 Å². The Morgan fingerprint density at radius 1 is 1.25 bits per heavy atom. The van der Waals surface area contributed by atoms with Gasteiger partial charge in [-0.15, -0.1) is 6.58 Å². The fourth-order valence-electron chi connectivity index (χ4n) is 2.43. The van der Waals surface area contributed by atoms with Gasteiger partial charge in [-0.1, -0.05) is 17.7 Å². The molecule has 0 saturated heterocycles. The molecular formula is C15H11ClF3N5. The molecule has 2 aromatic heterocycles. The van der Waals surface area contributed by atoms with E-state index in [1.54, 1.807) is 18.0 Å². The molecule has 0 bridgehead atoms. The van der Waals surface area contributed by atoms with Crippen LogP contribution in [0.4, 0.5) is 19.0 Å². The van der Waals surface area contributed by atoms with E-state index in [2.05, 4.69) is 21.6 Å². The summed E-state index contributed by atoms with van der Waals surface area (Å²) in [5, 5.41) is 3.84. The number of fused-ring (bicyclic) bond motifs is 1. The Bertz CT molecular complexity index is 917. The zero-order valence-electron chi connectivity index (χ0n) is 12.5. The lowest BCUT2D eigenvalue weighted by molar-refractivity contribution is 0.547. The smallest absolute Gasteiger partial charge is 0.255 e. The third-order valence-corrected chi connectivity index (χ3v) is 3.65. The van der Waals surface area contributed by atoms with E-state index < -0.39 is 23.0 Å². The molecule has 24 heavy (non-hydrogen) atoms. The number of rotatable bonds is 4. The van der Waals surface area contributed by atoms with Crippen molar-refractivity contribution in [1.29, 1.82) is 0 Å². The topological polar surface area (TPSA) is 46.3 Å². The third kappa shape index (κ3) is 2.58. The summed E-state index contributed by atoms with van der Waals surface area (Å²) in [5.41, 5.74) is -0.536. The predicted octanol–water partition coefficient (Wildman–Crippen LogP) is 3.48. The molecule has 0 N–H and O–H groups in total. The number of hydrogen-bond donors (Lipinski definition) is 0. The van der Waals surface area contributed by atoms with Gasteiger partial charge in [0.1, 0.15) is 34.7 Å². The Morgan fingerprint density at radius 3 is 2.54 bits per heavy atom. The normalized spacial score (nSPS) is 11.0. The number of halogens is 4. The van der Waals surface area contributed by atoms with Crippen LogP contribution in [0.5, 0.6) is 0 Å². The van der Waals surface area contributed by atoms with Crippen LogP contribution in [0.2, 0.25) is 5.15 Å². The second-order valence-corrected chi connectivity index (χ2v) is 5.34. The van der Waals surface area contributed by atoms with Gasteiger partial charge in [0.15, 0.2) is 0 Å². The SMILES string of the molecule is C=CCN(C)c1c(-c2c(F)cc(F)cc2F)c(Cl)nc2ncnn12. The van der Waals surface area contributed by atoms with E-state index in [1.165, 1.54) is 10.8 Å². The Labute approximate surface area is 140 Å². The van der Waals surface area contributed by atoms with Gasteiger partial charge in [0.2, 0.25) is 0 Å². The summed E-state index contributed by atoms with van der Waals surface area (Å²) in [6, 6.07) is 1.16. The molecule has 0 amide bonds. The van der Waals surface area contributed by atoms with Crippen LogP contribution in [-0.4, -0.2) is 33.2 Å². The molecule has 0 spiro atoms. The Balaban J connectivity index is 2.41. The average molecular weight is 354 g/mol. The number of likely N-dealkylation sites (N-methyl/N-ethyl adjacent to an activating group) is 1. The van der Waals surface area contributed by atoms with Crippen molar-refractivity contribution in [3.63, 3.8) is 0 Å². The minimum absolute atomic E-state index is 0.0472. The van der Waals surface area contributed by atoms with Gasteiger partial charge in [0.05, 0.1) is 11.1 Å². The van der Waals surface area contributed by atoms with E-state index in [9.17, 15) is 13.2 Å². The molecule has 3 rings (SSSR count). The molecule has 2 heterocycles. The predicted molar refractivity (Wildman–Crippen MR) is 84.6 cm³/mol. The van der Waals surface area contributed by atoms with Gasteiger partial charge in [-0.05, 0) is 0 Å². The van der Waals surface area contributed by atoms with Gasteiger partial charge in [-0.2, -0.15) is 19.6 Å². The van der Waals surface area contributed by atoms with Crippen molar-refractivity contribution in [2.45, 2.75) is 0 Å². The molecule has 0 aliphatic carbocycles. The molecule has 0 unspecified atom stereocenters. The molecule has 0 fully saturated rings. The molecule has 0 radical (unpaired) electrons. The molecule has 0 aliphatic rings. The Kier molecular flexibility index (Phi) is 4.15. The summed E-state index contributed by atoms with van der Waals surface area (Å²) in [6.45, 7) is 3.97. The summed E-state index contributed by atoms with van der Waals surface area (Å²) in [6.07, 6.45) is 2.84. The second-order valence-electron chi connectivity index (χ2n) is 4.99. The first-order valence-corrected chi connectivity index (χ1v) is 7.18. The number of nitrogens with zero attached hydrogens (tertiary/aromatic N) is 5. The highest BCUT2D eigenvalue weighted by atomic mass is 35.5. The minimum atomic E-state index is -1.09. The molecule has 0 atom stereocenters. The number of benzene rings is 1. The van der Waals surface area contributed by atoms with Crippen LogP contribution >= 0.6 is 11.6 Å². The number of hydrogen-bond acceptors (Lipinski definition) is 4. The Morgan fingerprint density at radius 2 is 1.92 bits per heavy atom. The first kappa shape index (κ1) is 16.3. The lowest BCUT2D eigenvalue weighted by atomic mass is 10.1. The summed E-state index contributed by atoms with van der Waals surface area (Å²) < 4.78 is 43.1. The van der Waals surface area contributed by atoms with Crippen LogP contribution < -0.4 is 4.90 Å². The van der Waals surface area contributed by atoms with E-state index in [0.29, 0.717) is 18.7 Å². The fourth-order valence-corrected chi connectivity index (χ4v) is 2.69. The third-order valence-electron chi connectivity index (χ3n) is 3.38. The lowest BCUT2D eigenvalue weighted by Gasteiger charge is -2.22.